The predicted molar refractivity (Wildman–Crippen MR) is 102 cm³/mol. The van der Waals surface area contributed by atoms with Crippen molar-refractivity contribution in [3.8, 4) is 43.5 Å². The van der Waals surface area contributed by atoms with E-state index in [9.17, 15) is 10.2 Å². The molecule has 0 atom stereocenters. The molecule has 2 nitrogen and oxygen atoms in total. The van der Waals surface area contributed by atoms with E-state index in [-0.39, 0.29) is 11.5 Å². The number of thiophene rings is 2. The van der Waals surface area contributed by atoms with Crippen LogP contribution in [0, 0.1) is 0 Å². The van der Waals surface area contributed by atoms with Gasteiger partial charge in [0, 0.05) is 20.9 Å². The highest BCUT2D eigenvalue weighted by molar-refractivity contribution is 7.13. The molecule has 4 aromatic rings. The zero-order valence-electron chi connectivity index (χ0n) is 12.6. The summed E-state index contributed by atoms with van der Waals surface area (Å²) in [5.41, 5.74) is 3.33. The third kappa shape index (κ3) is 2.70. The number of phenols is 2. The molecule has 0 saturated heterocycles. The van der Waals surface area contributed by atoms with Crippen LogP contribution in [-0.4, -0.2) is 10.2 Å². The number of rotatable bonds is 3. The summed E-state index contributed by atoms with van der Waals surface area (Å²) in [6, 6.07) is 19.1. The van der Waals surface area contributed by atoms with Crippen LogP contribution >= 0.6 is 22.7 Å². The molecule has 0 bridgehead atoms. The Kier molecular flexibility index (Phi) is 3.84. The first-order chi connectivity index (χ1) is 11.7. The van der Waals surface area contributed by atoms with E-state index in [1.165, 1.54) is 0 Å². The van der Waals surface area contributed by atoms with Crippen LogP contribution in [0.3, 0.4) is 0 Å². The molecule has 0 spiro atoms. The molecule has 0 fully saturated rings. The topological polar surface area (TPSA) is 40.5 Å². The first-order valence-corrected chi connectivity index (χ1v) is 9.22. The van der Waals surface area contributed by atoms with Gasteiger partial charge in [-0.15, -0.1) is 22.7 Å². The van der Waals surface area contributed by atoms with Crippen molar-refractivity contribution in [2.75, 3.05) is 0 Å². The summed E-state index contributed by atoms with van der Waals surface area (Å²) in [6.45, 7) is 0. The molecule has 0 unspecified atom stereocenters. The molecule has 0 saturated carbocycles. The van der Waals surface area contributed by atoms with Crippen molar-refractivity contribution in [2.45, 2.75) is 0 Å². The Balaban J connectivity index is 1.86. The summed E-state index contributed by atoms with van der Waals surface area (Å²) < 4.78 is 0. The van der Waals surface area contributed by atoms with E-state index in [0.29, 0.717) is 11.1 Å². The fraction of sp³-hybridized carbons (Fsp3) is 0. The van der Waals surface area contributed by atoms with Gasteiger partial charge in [-0.05, 0) is 70.4 Å². The number of hydrogen-bond donors (Lipinski definition) is 2. The van der Waals surface area contributed by atoms with E-state index < -0.39 is 0 Å². The zero-order chi connectivity index (χ0) is 16.5. The molecule has 0 aliphatic heterocycles. The van der Waals surface area contributed by atoms with Crippen molar-refractivity contribution in [1.29, 1.82) is 0 Å². The van der Waals surface area contributed by atoms with Gasteiger partial charge in [-0.2, -0.15) is 0 Å². The normalized spacial score (nSPS) is 10.8. The maximum absolute atomic E-state index is 10.3. The van der Waals surface area contributed by atoms with Gasteiger partial charge in [-0.3, -0.25) is 0 Å². The van der Waals surface area contributed by atoms with E-state index in [2.05, 4.69) is 0 Å². The van der Waals surface area contributed by atoms with Crippen LogP contribution in [0.4, 0.5) is 0 Å². The molecular formula is C20H14O2S2. The Bertz CT molecular complexity index is 889. The van der Waals surface area contributed by atoms with Gasteiger partial charge in [-0.1, -0.05) is 12.1 Å². The summed E-state index contributed by atoms with van der Waals surface area (Å²) >= 11 is 3.30. The Morgan fingerprint density at radius 1 is 0.583 bits per heavy atom. The average Bonchev–Trinajstić information content (AvgIpc) is 3.30. The van der Waals surface area contributed by atoms with Gasteiger partial charge in [0.1, 0.15) is 11.5 Å². The Morgan fingerprint density at radius 3 is 1.42 bits per heavy atom. The van der Waals surface area contributed by atoms with Crippen LogP contribution in [0.25, 0.3) is 32.0 Å². The van der Waals surface area contributed by atoms with Crippen LogP contribution < -0.4 is 0 Å². The lowest BCUT2D eigenvalue weighted by Crippen LogP contribution is -1.84. The van der Waals surface area contributed by atoms with Crippen LogP contribution in [0.1, 0.15) is 0 Å². The summed E-state index contributed by atoms with van der Waals surface area (Å²) in [7, 11) is 0. The highest BCUT2D eigenvalue weighted by Gasteiger charge is 2.13. The smallest absolute Gasteiger partial charge is 0.123 e. The van der Waals surface area contributed by atoms with Crippen LogP contribution in [0.2, 0.25) is 0 Å². The third-order valence-electron chi connectivity index (χ3n) is 3.89. The predicted octanol–water partition coefficient (Wildman–Crippen LogP) is 6.22. The minimum Gasteiger partial charge on any atom is -0.507 e. The zero-order valence-corrected chi connectivity index (χ0v) is 14.3. The van der Waals surface area contributed by atoms with E-state index in [1.54, 1.807) is 34.8 Å². The molecule has 24 heavy (non-hydrogen) atoms. The third-order valence-corrected chi connectivity index (χ3v) is 5.73. The number of hydrogen-bond acceptors (Lipinski definition) is 4. The fourth-order valence-electron chi connectivity index (χ4n) is 2.70. The number of phenolic OH excluding ortho intramolecular Hbond substituents is 2. The van der Waals surface area contributed by atoms with Crippen molar-refractivity contribution in [2.24, 2.45) is 0 Å². The minimum atomic E-state index is 0.161. The average molecular weight is 350 g/mol. The van der Waals surface area contributed by atoms with Crippen LogP contribution in [0.5, 0.6) is 11.5 Å². The lowest BCUT2D eigenvalue weighted by molar-refractivity contribution is 0.469. The monoisotopic (exact) mass is 350 g/mol. The molecule has 0 amide bonds. The Morgan fingerprint density at radius 2 is 1.04 bits per heavy atom. The van der Waals surface area contributed by atoms with Gasteiger partial charge in [-0.25, -0.2) is 0 Å². The molecule has 118 valence electrons. The summed E-state index contributed by atoms with van der Waals surface area (Å²) in [4.78, 5) is 2.26. The molecule has 0 aliphatic carbocycles. The van der Waals surface area contributed by atoms with Crippen molar-refractivity contribution in [1.82, 2.24) is 0 Å². The molecule has 2 aromatic carbocycles. The molecule has 4 rings (SSSR count). The second kappa shape index (κ2) is 6.15. The molecule has 4 heteroatoms. The molecule has 0 aliphatic rings. The molecule has 2 N–H and O–H groups in total. The van der Waals surface area contributed by atoms with Gasteiger partial charge in [0.25, 0.3) is 0 Å². The second-order valence-electron chi connectivity index (χ2n) is 5.42. The quantitative estimate of drug-likeness (QED) is 0.460. The summed E-state index contributed by atoms with van der Waals surface area (Å²) in [5, 5.41) is 24.7. The first kappa shape index (κ1) is 15.0. The van der Waals surface area contributed by atoms with Crippen molar-refractivity contribution < 1.29 is 10.2 Å². The van der Waals surface area contributed by atoms with E-state index >= 15 is 0 Å². The van der Waals surface area contributed by atoms with Crippen molar-refractivity contribution in [3.05, 3.63) is 71.4 Å². The van der Waals surface area contributed by atoms with Crippen molar-refractivity contribution >= 4 is 22.7 Å². The fourth-order valence-corrected chi connectivity index (χ4v) is 4.14. The molecule has 2 aromatic heterocycles. The Labute approximate surface area is 147 Å². The lowest BCUT2D eigenvalue weighted by atomic mass is 9.98. The summed E-state index contributed by atoms with van der Waals surface area (Å²) in [5.74, 6) is 0.322. The number of benzene rings is 2. The van der Waals surface area contributed by atoms with E-state index in [0.717, 1.165) is 20.9 Å². The number of aromatic hydroxyl groups is 2. The van der Waals surface area contributed by atoms with Gasteiger partial charge in [0.2, 0.25) is 0 Å². The van der Waals surface area contributed by atoms with Gasteiger partial charge < -0.3 is 10.2 Å². The summed E-state index contributed by atoms with van der Waals surface area (Å²) in [6.07, 6.45) is 0. The van der Waals surface area contributed by atoms with Gasteiger partial charge in [0.05, 0.1) is 0 Å². The second-order valence-corrected chi connectivity index (χ2v) is 7.31. The standard InChI is InChI=1S/C20H14O2S2/c21-17-7-5-13(19-3-1-9-23-19)11-15(17)16-12-14(6-8-18(16)22)20-4-2-10-24-20/h1-12,21-22H. The molecule has 2 heterocycles. The SMILES string of the molecule is Oc1ccc(-c2cccs2)cc1-c1cc(-c2cccs2)ccc1O. The minimum absolute atomic E-state index is 0.161. The molecule has 0 radical (unpaired) electrons. The maximum atomic E-state index is 10.3. The Hall–Kier alpha value is -2.56. The van der Waals surface area contributed by atoms with Crippen molar-refractivity contribution in [3.63, 3.8) is 0 Å². The molecular weight excluding hydrogens is 336 g/mol. The largest absolute Gasteiger partial charge is 0.507 e. The van der Waals surface area contributed by atoms with Gasteiger partial charge in [0.15, 0.2) is 0 Å². The van der Waals surface area contributed by atoms with Crippen LogP contribution in [-0.2, 0) is 0 Å². The highest BCUT2D eigenvalue weighted by atomic mass is 32.1. The maximum Gasteiger partial charge on any atom is 0.123 e. The van der Waals surface area contributed by atoms with E-state index in [4.69, 9.17) is 0 Å². The lowest BCUT2D eigenvalue weighted by Gasteiger charge is -2.11. The van der Waals surface area contributed by atoms with Gasteiger partial charge >= 0.3 is 0 Å². The highest BCUT2D eigenvalue weighted by Crippen LogP contribution is 2.41. The first-order valence-electron chi connectivity index (χ1n) is 7.46. The van der Waals surface area contributed by atoms with E-state index in [1.807, 2.05) is 59.3 Å². The van der Waals surface area contributed by atoms with Crippen LogP contribution in [0.15, 0.2) is 71.4 Å².